The lowest BCUT2D eigenvalue weighted by atomic mass is 9.67. The van der Waals surface area contributed by atoms with Crippen LogP contribution in [0.25, 0.3) is 44.1 Å². The Morgan fingerprint density at radius 1 is 0.800 bits per heavy atom. The first kappa shape index (κ1) is 28.4. The third-order valence-electron chi connectivity index (χ3n) is 11.6. The number of hydrogen-bond donors (Lipinski definition) is 0. The van der Waals surface area contributed by atoms with Gasteiger partial charge in [-0.3, -0.25) is 0 Å². The number of fused-ring (bicyclic) bond motifs is 4. The van der Waals surface area contributed by atoms with E-state index in [4.69, 9.17) is 4.98 Å². The van der Waals surface area contributed by atoms with Crippen molar-refractivity contribution in [2.24, 2.45) is 11.8 Å². The second-order valence-electron chi connectivity index (χ2n) is 14.2. The van der Waals surface area contributed by atoms with Gasteiger partial charge in [-0.05, 0) is 95.0 Å². The van der Waals surface area contributed by atoms with Crippen LogP contribution in [0.2, 0.25) is 0 Å². The lowest BCUT2D eigenvalue weighted by molar-refractivity contribution is -0.726. The van der Waals surface area contributed by atoms with Crippen LogP contribution in [-0.4, -0.2) is 4.98 Å². The summed E-state index contributed by atoms with van der Waals surface area (Å²) in [6, 6.07) is 27.1. The summed E-state index contributed by atoms with van der Waals surface area (Å²) in [5, 5.41) is 4.01. The molecule has 0 fully saturated rings. The molecule has 45 heavy (non-hydrogen) atoms. The third-order valence-corrected chi connectivity index (χ3v) is 11.6. The average Bonchev–Trinajstić information content (AvgIpc) is 3.32. The van der Waals surface area contributed by atoms with Gasteiger partial charge < -0.3 is 0 Å². The molecule has 2 aromatic heterocycles. The van der Waals surface area contributed by atoms with Crippen molar-refractivity contribution < 1.29 is 4.57 Å². The highest BCUT2D eigenvalue weighted by Gasteiger charge is 2.58. The molecule has 0 N–H and O–H groups in total. The molecule has 0 amide bonds. The van der Waals surface area contributed by atoms with Crippen molar-refractivity contribution in [3.8, 4) is 22.4 Å². The van der Waals surface area contributed by atoms with Crippen LogP contribution in [0.4, 0.5) is 0 Å². The fraction of sp³-hybridized carbons (Fsp3) is 0.349. The van der Waals surface area contributed by atoms with E-state index in [0.717, 1.165) is 24.8 Å². The van der Waals surface area contributed by atoms with Gasteiger partial charge in [-0.15, -0.1) is 0 Å². The lowest BCUT2D eigenvalue weighted by Gasteiger charge is -2.34. The van der Waals surface area contributed by atoms with Crippen LogP contribution in [0.5, 0.6) is 0 Å². The molecule has 1 unspecified atom stereocenters. The molecule has 5 aromatic rings. The summed E-state index contributed by atoms with van der Waals surface area (Å²) in [4.78, 5) is 5.67. The predicted octanol–water partition coefficient (Wildman–Crippen LogP) is 10.8. The van der Waals surface area contributed by atoms with E-state index in [0.29, 0.717) is 11.8 Å². The predicted molar refractivity (Wildman–Crippen MR) is 188 cm³/mol. The summed E-state index contributed by atoms with van der Waals surface area (Å²) >= 11 is 0. The molecule has 0 saturated carbocycles. The van der Waals surface area contributed by atoms with Gasteiger partial charge in [0.25, 0.3) is 0 Å². The molecular weight excluding hydrogens is 544 g/mol. The zero-order chi connectivity index (χ0) is 31.1. The van der Waals surface area contributed by atoms with Crippen molar-refractivity contribution in [2.75, 3.05) is 0 Å². The highest BCUT2D eigenvalue weighted by Crippen LogP contribution is 2.57. The van der Waals surface area contributed by atoms with Crippen molar-refractivity contribution >= 4 is 21.7 Å². The second-order valence-corrected chi connectivity index (χ2v) is 14.2. The van der Waals surface area contributed by atoms with E-state index in [-0.39, 0.29) is 11.0 Å². The maximum atomic E-state index is 5.67. The number of hydrogen-bond acceptors (Lipinski definition) is 1. The Morgan fingerprint density at radius 2 is 1.51 bits per heavy atom. The van der Waals surface area contributed by atoms with Crippen molar-refractivity contribution in [3.63, 3.8) is 0 Å². The van der Waals surface area contributed by atoms with Crippen molar-refractivity contribution in [3.05, 3.63) is 119 Å². The van der Waals surface area contributed by atoms with Crippen LogP contribution in [0, 0.1) is 11.8 Å². The largest absolute Gasteiger partial charge is 0.244 e. The Balaban J connectivity index is 1.52. The van der Waals surface area contributed by atoms with Gasteiger partial charge in [0.2, 0.25) is 11.2 Å². The quantitative estimate of drug-likeness (QED) is 0.173. The molecule has 3 heterocycles. The van der Waals surface area contributed by atoms with Crippen LogP contribution in [0.1, 0.15) is 90.5 Å². The van der Waals surface area contributed by atoms with Gasteiger partial charge in [0.05, 0.1) is 16.5 Å². The minimum atomic E-state index is -0.335. The Hall–Kier alpha value is -4.04. The number of aromatic nitrogens is 2. The van der Waals surface area contributed by atoms with Crippen molar-refractivity contribution in [1.82, 2.24) is 4.98 Å². The van der Waals surface area contributed by atoms with Gasteiger partial charge in [-0.1, -0.05) is 102 Å². The molecule has 3 aromatic carbocycles. The van der Waals surface area contributed by atoms with Gasteiger partial charge in [0.1, 0.15) is 5.69 Å². The van der Waals surface area contributed by atoms with E-state index in [1.165, 1.54) is 73.8 Å². The van der Waals surface area contributed by atoms with Crippen molar-refractivity contribution in [1.29, 1.82) is 0 Å². The van der Waals surface area contributed by atoms with Gasteiger partial charge in [-0.25, -0.2) is 4.98 Å². The first-order valence-corrected chi connectivity index (χ1v) is 17.3. The topological polar surface area (TPSA) is 16.8 Å². The van der Waals surface area contributed by atoms with E-state index < -0.39 is 0 Å². The SMILES string of the molecule is CCC(CC)C1=CC2(CC(C(CC)CC)=C1)c1nc3ccccc3c3c1-c1c4c(cc(-c5ccccc5)cc4cc[n+]12)C3(C)C. The number of rotatable bonds is 7. The Labute approximate surface area is 268 Å². The first-order chi connectivity index (χ1) is 21.9. The van der Waals surface area contributed by atoms with Crippen LogP contribution < -0.4 is 4.57 Å². The van der Waals surface area contributed by atoms with Crippen LogP contribution in [-0.2, 0) is 11.0 Å². The normalized spacial score (nSPS) is 19.2. The molecule has 2 heteroatoms. The number of nitrogens with zero attached hydrogens (tertiary/aromatic N) is 2. The number of pyridine rings is 2. The van der Waals surface area contributed by atoms with Crippen LogP contribution in [0.15, 0.2) is 102 Å². The molecule has 0 bridgehead atoms. The molecular formula is C43H45N2+. The summed E-state index contributed by atoms with van der Waals surface area (Å²) < 4.78 is 2.66. The Morgan fingerprint density at radius 3 is 2.24 bits per heavy atom. The zero-order valence-corrected chi connectivity index (χ0v) is 27.7. The highest BCUT2D eigenvalue weighted by molar-refractivity contribution is 6.07. The minimum absolute atomic E-state index is 0.196. The minimum Gasteiger partial charge on any atom is -0.244 e. The van der Waals surface area contributed by atoms with E-state index >= 15 is 0 Å². The maximum Gasteiger partial charge on any atom is 0.233 e. The fourth-order valence-electron chi connectivity index (χ4n) is 9.25. The standard InChI is InChI=1S/C43H45N2/c1-7-27(8-2)32-23-33(28(9-3)10-4)26-43(25-32)41-38-39(34-18-14-15-19-36(34)44-41)42(5,6)35-24-31(29-16-12-11-13-17-29)22-30-20-21-45(43)40(38)37(30)35/h11-25,27-28H,7-10,26H2,1-6H3/q+1. The number of para-hydroxylation sites is 1. The van der Waals surface area contributed by atoms with Gasteiger partial charge in [0.15, 0.2) is 6.20 Å². The number of benzene rings is 3. The van der Waals surface area contributed by atoms with Crippen LogP contribution in [0.3, 0.4) is 0 Å². The average molecular weight is 590 g/mol. The molecule has 2 nitrogen and oxygen atoms in total. The van der Waals surface area contributed by atoms with E-state index in [1.807, 2.05) is 0 Å². The van der Waals surface area contributed by atoms with Gasteiger partial charge in [0, 0.05) is 23.3 Å². The molecule has 1 aliphatic heterocycles. The van der Waals surface area contributed by atoms with Gasteiger partial charge in [-0.2, -0.15) is 4.57 Å². The molecule has 3 aliphatic rings. The molecule has 226 valence electrons. The van der Waals surface area contributed by atoms with E-state index in [1.54, 1.807) is 5.57 Å². The molecule has 2 aliphatic carbocycles. The smallest absolute Gasteiger partial charge is 0.233 e. The van der Waals surface area contributed by atoms with Crippen LogP contribution >= 0.6 is 0 Å². The summed E-state index contributed by atoms with van der Waals surface area (Å²) in [5.74, 6) is 1.13. The van der Waals surface area contributed by atoms with E-state index in [9.17, 15) is 0 Å². The highest BCUT2D eigenvalue weighted by atomic mass is 15.1. The molecule has 0 radical (unpaired) electrons. The zero-order valence-electron chi connectivity index (χ0n) is 27.7. The summed E-state index contributed by atoms with van der Waals surface area (Å²) in [7, 11) is 0. The molecule has 1 spiro atoms. The second kappa shape index (κ2) is 10.2. The molecule has 0 saturated heterocycles. The summed E-state index contributed by atoms with van der Waals surface area (Å²) in [5.41, 5.74) is 13.1. The summed E-state index contributed by atoms with van der Waals surface area (Å²) in [6.07, 6.45) is 13.3. The monoisotopic (exact) mass is 589 g/mol. The Kier molecular flexibility index (Phi) is 6.47. The first-order valence-electron chi connectivity index (χ1n) is 17.3. The molecule has 8 rings (SSSR count). The third kappa shape index (κ3) is 3.87. The fourth-order valence-corrected chi connectivity index (χ4v) is 9.25. The maximum absolute atomic E-state index is 5.67. The van der Waals surface area contributed by atoms with Crippen molar-refractivity contribution in [2.45, 2.75) is 84.6 Å². The summed E-state index contributed by atoms with van der Waals surface area (Å²) in [6.45, 7) is 14.3. The Bertz CT molecular complexity index is 2050. The van der Waals surface area contributed by atoms with Gasteiger partial charge >= 0.3 is 0 Å². The molecule has 1 atom stereocenters. The number of allylic oxidation sites excluding steroid dienone is 4. The van der Waals surface area contributed by atoms with E-state index in [2.05, 4.69) is 137 Å². The lowest BCUT2D eigenvalue weighted by Crippen LogP contribution is -2.55.